The Kier molecular flexibility index (Phi) is 5.37. The maximum atomic E-state index is 13.9. The first-order valence-electron chi connectivity index (χ1n) is 9.29. The van der Waals surface area contributed by atoms with Crippen molar-refractivity contribution in [2.75, 3.05) is 13.7 Å². The van der Waals surface area contributed by atoms with E-state index in [4.69, 9.17) is 21.7 Å². The number of nitrogens with one attached hydrogen (secondary N) is 1. The quantitative estimate of drug-likeness (QED) is 0.616. The highest BCUT2D eigenvalue weighted by Crippen LogP contribution is 2.37. The fraction of sp³-hybridized carbons (Fsp3) is 0.350. The number of pyridine rings is 1. The lowest BCUT2D eigenvalue weighted by molar-refractivity contribution is -0.136. The number of aromatic nitrogens is 3. The van der Waals surface area contributed by atoms with Gasteiger partial charge < -0.3 is 9.47 Å². The molecule has 0 spiro atoms. The molecule has 2 aromatic heterocycles. The third kappa shape index (κ3) is 3.72. The summed E-state index contributed by atoms with van der Waals surface area (Å²) in [5.74, 6) is 0.367. The molecule has 3 aromatic rings. The molecule has 1 fully saturated rings. The van der Waals surface area contributed by atoms with Gasteiger partial charge in [-0.25, -0.2) is 4.98 Å². The van der Waals surface area contributed by atoms with Crippen molar-refractivity contribution in [3.63, 3.8) is 0 Å². The number of nitrogens with zero attached hydrogens (tertiary/aromatic N) is 2. The number of aromatic amines is 1. The van der Waals surface area contributed by atoms with Crippen LogP contribution in [0.25, 0.3) is 22.3 Å². The average molecular weight is 437 g/mol. The van der Waals surface area contributed by atoms with E-state index in [0.717, 1.165) is 18.9 Å². The van der Waals surface area contributed by atoms with Crippen LogP contribution in [0.1, 0.15) is 18.4 Å². The van der Waals surface area contributed by atoms with Crippen molar-refractivity contribution in [2.45, 2.75) is 31.7 Å². The van der Waals surface area contributed by atoms with E-state index in [1.807, 2.05) is 0 Å². The first-order valence-corrected chi connectivity index (χ1v) is 9.70. The molecule has 6 nitrogen and oxygen atoms in total. The molecular weight excluding hydrogens is 419 g/mol. The summed E-state index contributed by atoms with van der Waals surface area (Å²) in [6.45, 7) is 0.777. The van der Waals surface area contributed by atoms with Gasteiger partial charge in [0, 0.05) is 12.2 Å². The molecule has 3 heterocycles. The van der Waals surface area contributed by atoms with Crippen LogP contribution in [-0.4, -0.2) is 34.4 Å². The zero-order valence-corrected chi connectivity index (χ0v) is 16.8. The largest absolute Gasteiger partial charge is 0.496 e. The van der Waals surface area contributed by atoms with Crippen LogP contribution < -0.4 is 10.3 Å². The lowest BCUT2D eigenvalue weighted by Crippen LogP contribution is -2.24. The van der Waals surface area contributed by atoms with Gasteiger partial charge in [-0.3, -0.25) is 14.3 Å². The van der Waals surface area contributed by atoms with Gasteiger partial charge in [0.25, 0.3) is 5.56 Å². The number of para-hydroxylation sites is 1. The van der Waals surface area contributed by atoms with Gasteiger partial charge in [0.15, 0.2) is 4.77 Å². The molecule has 1 N–H and O–H groups in total. The van der Waals surface area contributed by atoms with E-state index in [-0.39, 0.29) is 28.8 Å². The Bertz CT molecular complexity index is 1210. The molecule has 1 atom stereocenters. The van der Waals surface area contributed by atoms with Gasteiger partial charge in [0.2, 0.25) is 0 Å². The van der Waals surface area contributed by atoms with Gasteiger partial charge >= 0.3 is 6.18 Å². The Morgan fingerprint density at radius 2 is 2.13 bits per heavy atom. The van der Waals surface area contributed by atoms with E-state index >= 15 is 0 Å². The van der Waals surface area contributed by atoms with Gasteiger partial charge in [-0.15, -0.1) is 0 Å². The zero-order valence-electron chi connectivity index (χ0n) is 16.0. The maximum absolute atomic E-state index is 13.9. The number of hydrogen-bond acceptors (Lipinski definition) is 5. The number of rotatable bonds is 4. The first kappa shape index (κ1) is 20.5. The van der Waals surface area contributed by atoms with Crippen LogP contribution >= 0.6 is 12.2 Å². The Labute approximate surface area is 174 Å². The SMILES string of the molecule is COc1ccccc1-c1cc(C(F)(F)F)c2c(=O)[nH]c(=S)n(CC3CCCO3)c2n1. The van der Waals surface area contributed by atoms with Crippen molar-refractivity contribution in [3.8, 4) is 17.0 Å². The summed E-state index contributed by atoms with van der Waals surface area (Å²) in [5, 5.41) is -0.548. The minimum atomic E-state index is -4.77. The zero-order chi connectivity index (χ0) is 21.5. The number of methoxy groups -OCH3 is 1. The van der Waals surface area contributed by atoms with Gasteiger partial charge in [-0.2, -0.15) is 13.2 Å². The van der Waals surface area contributed by atoms with Crippen LogP contribution in [-0.2, 0) is 17.5 Å². The molecule has 10 heteroatoms. The van der Waals surface area contributed by atoms with Crippen LogP contribution in [0.2, 0.25) is 0 Å². The maximum Gasteiger partial charge on any atom is 0.417 e. The molecule has 1 aliphatic rings. The van der Waals surface area contributed by atoms with Crippen molar-refractivity contribution in [1.82, 2.24) is 14.5 Å². The molecule has 1 aliphatic heterocycles. The Morgan fingerprint density at radius 3 is 2.80 bits per heavy atom. The second-order valence-corrected chi connectivity index (χ2v) is 7.34. The second kappa shape index (κ2) is 7.84. The monoisotopic (exact) mass is 437 g/mol. The van der Waals surface area contributed by atoms with Crippen molar-refractivity contribution in [1.29, 1.82) is 0 Å². The van der Waals surface area contributed by atoms with Gasteiger partial charge in [-0.1, -0.05) is 12.1 Å². The van der Waals surface area contributed by atoms with Gasteiger partial charge in [-0.05, 0) is 43.3 Å². The number of hydrogen-bond donors (Lipinski definition) is 1. The Hall–Kier alpha value is -2.72. The molecule has 0 radical (unpaired) electrons. The standard InChI is InChI=1S/C20H18F3N3O3S/c1-28-15-7-3-2-6-12(15)14-9-13(20(21,22)23)16-17(24-14)26(19(30)25-18(16)27)10-11-5-4-8-29-11/h2-3,6-7,9,11H,4-5,8,10H2,1H3,(H,25,27,30). The molecule has 4 rings (SSSR count). The second-order valence-electron chi connectivity index (χ2n) is 6.96. The van der Waals surface area contributed by atoms with E-state index in [0.29, 0.717) is 17.9 Å². The van der Waals surface area contributed by atoms with Crippen molar-refractivity contribution >= 4 is 23.3 Å². The number of H-pyrrole nitrogens is 1. The van der Waals surface area contributed by atoms with Crippen LogP contribution in [0.3, 0.4) is 0 Å². The minimum Gasteiger partial charge on any atom is -0.496 e. The van der Waals surface area contributed by atoms with E-state index in [2.05, 4.69) is 9.97 Å². The molecule has 0 amide bonds. The first-order chi connectivity index (χ1) is 14.3. The number of benzene rings is 1. The van der Waals surface area contributed by atoms with Crippen LogP contribution in [0, 0.1) is 4.77 Å². The van der Waals surface area contributed by atoms with Gasteiger partial charge in [0.1, 0.15) is 11.4 Å². The molecule has 0 aliphatic carbocycles. The molecule has 1 aromatic carbocycles. The summed E-state index contributed by atoms with van der Waals surface area (Å²) in [6, 6.07) is 7.49. The van der Waals surface area contributed by atoms with E-state index in [1.54, 1.807) is 24.3 Å². The van der Waals surface area contributed by atoms with Crippen LogP contribution in [0.15, 0.2) is 35.1 Å². The van der Waals surface area contributed by atoms with Crippen molar-refractivity contribution in [3.05, 3.63) is 51.0 Å². The summed E-state index contributed by atoms with van der Waals surface area (Å²) in [6.07, 6.45) is -3.37. The number of ether oxygens (including phenoxy) is 2. The predicted octanol–water partition coefficient (Wildman–Crippen LogP) is 4.33. The number of fused-ring (bicyclic) bond motifs is 1. The summed E-state index contributed by atoms with van der Waals surface area (Å²) >= 11 is 5.25. The summed E-state index contributed by atoms with van der Waals surface area (Å²) in [5.41, 5.74) is -1.72. The smallest absolute Gasteiger partial charge is 0.417 e. The van der Waals surface area contributed by atoms with Crippen LogP contribution in [0.5, 0.6) is 5.75 Å². The molecule has 1 unspecified atom stereocenters. The summed E-state index contributed by atoms with van der Waals surface area (Å²) in [4.78, 5) is 19.3. The topological polar surface area (TPSA) is 69.1 Å². The third-order valence-electron chi connectivity index (χ3n) is 5.05. The fourth-order valence-corrected chi connectivity index (χ4v) is 3.91. The molecule has 30 heavy (non-hydrogen) atoms. The predicted molar refractivity (Wildman–Crippen MR) is 107 cm³/mol. The van der Waals surface area contributed by atoms with Crippen LogP contribution in [0.4, 0.5) is 13.2 Å². The highest BCUT2D eigenvalue weighted by Gasteiger charge is 2.36. The normalized spacial score (nSPS) is 16.9. The minimum absolute atomic E-state index is 0.000742. The Balaban J connectivity index is 2.06. The average Bonchev–Trinajstić information content (AvgIpc) is 3.22. The highest BCUT2D eigenvalue weighted by molar-refractivity contribution is 7.71. The summed E-state index contributed by atoms with van der Waals surface area (Å²) < 4.78 is 54.1. The molecular formula is C20H18F3N3O3S. The third-order valence-corrected chi connectivity index (χ3v) is 5.37. The molecule has 1 saturated heterocycles. The van der Waals surface area contributed by atoms with Gasteiger partial charge in [0.05, 0.1) is 36.4 Å². The van der Waals surface area contributed by atoms with Crippen molar-refractivity contribution in [2.24, 2.45) is 0 Å². The fourth-order valence-electron chi connectivity index (χ4n) is 3.65. The Morgan fingerprint density at radius 1 is 1.37 bits per heavy atom. The summed E-state index contributed by atoms with van der Waals surface area (Å²) in [7, 11) is 1.42. The van der Waals surface area contributed by atoms with E-state index in [9.17, 15) is 18.0 Å². The number of alkyl halides is 3. The molecule has 0 bridgehead atoms. The molecule has 0 saturated carbocycles. The highest BCUT2D eigenvalue weighted by atomic mass is 32.1. The lowest BCUT2D eigenvalue weighted by atomic mass is 10.1. The molecule has 158 valence electrons. The lowest BCUT2D eigenvalue weighted by Gasteiger charge is -2.18. The van der Waals surface area contributed by atoms with Crippen molar-refractivity contribution < 1.29 is 22.6 Å². The van der Waals surface area contributed by atoms with E-state index < -0.39 is 22.7 Å². The number of halogens is 3. The van der Waals surface area contributed by atoms with E-state index in [1.165, 1.54) is 11.7 Å².